The lowest BCUT2D eigenvalue weighted by Gasteiger charge is -2.19. The van der Waals surface area contributed by atoms with Crippen LogP contribution in [0.15, 0.2) is 109 Å². The number of rotatable bonds is 16. The van der Waals surface area contributed by atoms with Crippen LogP contribution in [0.5, 0.6) is 5.75 Å². The van der Waals surface area contributed by atoms with Gasteiger partial charge in [-0.3, -0.25) is 9.59 Å². The van der Waals surface area contributed by atoms with Crippen molar-refractivity contribution in [3.8, 4) is 5.75 Å². The highest BCUT2D eigenvalue weighted by atomic mass is 16.5. The van der Waals surface area contributed by atoms with E-state index in [0.29, 0.717) is 41.6 Å². The number of para-hydroxylation sites is 1. The summed E-state index contributed by atoms with van der Waals surface area (Å²) in [7, 11) is 0. The molecule has 1 fully saturated rings. The number of benzene rings is 4. The van der Waals surface area contributed by atoms with Gasteiger partial charge >= 0.3 is 5.97 Å². The molecule has 1 unspecified atom stereocenters. The maximum atomic E-state index is 13.1. The first-order valence-corrected chi connectivity index (χ1v) is 14.7. The molecule has 0 amide bonds. The molecule has 4 aromatic rings. The van der Waals surface area contributed by atoms with Crippen LogP contribution in [0.25, 0.3) is 0 Å². The SMILES string of the molecule is O=C(c1ccccc1)c1ccccc1N[C@@H](Cc1ccc(OCCCNC(C(=O)c2ccccc2)C2CC2)cc1)C(=O)O. The Morgan fingerprint density at radius 1 is 0.791 bits per heavy atom. The predicted molar refractivity (Wildman–Crippen MR) is 167 cm³/mol. The minimum Gasteiger partial charge on any atom is -0.494 e. The number of Topliss-reactive ketones (excluding diaryl/α,β-unsaturated/α-hetero) is 1. The third-order valence-electron chi connectivity index (χ3n) is 7.59. The topological polar surface area (TPSA) is 105 Å². The molecule has 1 aliphatic carbocycles. The zero-order chi connectivity index (χ0) is 30.0. The number of carboxylic acid groups (broad SMARTS) is 1. The maximum absolute atomic E-state index is 13.1. The van der Waals surface area contributed by atoms with Crippen LogP contribution in [0.1, 0.15) is 51.1 Å². The first kappa shape index (κ1) is 29.7. The predicted octanol–water partition coefficient (Wildman–Crippen LogP) is 6.05. The van der Waals surface area contributed by atoms with Crippen molar-refractivity contribution in [3.05, 3.63) is 131 Å². The zero-order valence-corrected chi connectivity index (χ0v) is 23.9. The van der Waals surface area contributed by atoms with Crippen LogP contribution in [-0.2, 0) is 11.2 Å². The number of nitrogens with one attached hydrogen (secondary N) is 2. The van der Waals surface area contributed by atoms with E-state index in [1.54, 1.807) is 48.5 Å². The number of carbonyl (C=O) groups excluding carboxylic acids is 2. The number of carbonyl (C=O) groups is 3. The Morgan fingerprint density at radius 2 is 1.42 bits per heavy atom. The average molecular weight is 577 g/mol. The van der Waals surface area contributed by atoms with Crippen molar-refractivity contribution in [1.82, 2.24) is 5.32 Å². The summed E-state index contributed by atoms with van der Waals surface area (Å²) in [6.45, 7) is 1.17. The van der Waals surface area contributed by atoms with Crippen LogP contribution >= 0.6 is 0 Å². The maximum Gasteiger partial charge on any atom is 0.326 e. The summed E-state index contributed by atoms with van der Waals surface area (Å²) in [6.07, 6.45) is 3.13. The summed E-state index contributed by atoms with van der Waals surface area (Å²) >= 11 is 0. The van der Waals surface area contributed by atoms with Gasteiger partial charge in [0.25, 0.3) is 0 Å². The molecule has 0 spiro atoms. The lowest BCUT2D eigenvalue weighted by molar-refractivity contribution is -0.137. The van der Waals surface area contributed by atoms with E-state index in [-0.39, 0.29) is 24.0 Å². The second-order valence-electron chi connectivity index (χ2n) is 10.8. The molecule has 5 rings (SSSR count). The van der Waals surface area contributed by atoms with E-state index in [2.05, 4.69) is 10.6 Å². The van der Waals surface area contributed by atoms with Gasteiger partial charge in [0.15, 0.2) is 11.6 Å². The molecular formula is C36H36N2O5. The molecule has 1 saturated carbocycles. The van der Waals surface area contributed by atoms with Crippen molar-refractivity contribution >= 4 is 23.2 Å². The number of ketones is 2. The van der Waals surface area contributed by atoms with Crippen molar-refractivity contribution in [2.45, 2.75) is 37.8 Å². The Kier molecular flexibility index (Phi) is 9.97. The van der Waals surface area contributed by atoms with E-state index in [4.69, 9.17) is 4.74 Å². The zero-order valence-electron chi connectivity index (χ0n) is 23.9. The quantitative estimate of drug-likeness (QED) is 0.110. The van der Waals surface area contributed by atoms with Crippen LogP contribution in [0.3, 0.4) is 0 Å². The highest BCUT2D eigenvalue weighted by Crippen LogP contribution is 2.34. The average Bonchev–Trinajstić information content (AvgIpc) is 3.89. The molecule has 1 aliphatic rings. The minimum atomic E-state index is -1.01. The van der Waals surface area contributed by atoms with E-state index in [1.165, 1.54) is 0 Å². The van der Waals surface area contributed by atoms with Gasteiger partial charge in [-0.05, 0) is 61.6 Å². The van der Waals surface area contributed by atoms with Crippen LogP contribution < -0.4 is 15.4 Å². The number of anilines is 1. The third-order valence-corrected chi connectivity index (χ3v) is 7.59. The Labute approximate surface area is 251 Å². The van der Waals surface area contributed by atoms with Gasteiger partial charge in [0.1, 0.15) is 11.8 Å². The van der Waals surface area contributed by atoms with Crippen LogP contribution in [0.4, 0.5) is 5.69 Å². The van der Waals surface area contributed by atoms with Crippen LogP contribution in [0.2, 0.25) is 0 Å². The first-order chi connectivity index (χ1) is 21.0. The molecule has 7 nitrogen and oxygen atoms in total. The highest BCUT2D eigenvalue weighted by molar-refractivity contribution is 6.12. The molecule has 0 heterocycles. The molecule has 3 N–H and O–H groups in total. The van der Waals surface area contributed by atoms with Crippen molar-refractivity contribution in [1.29, 1.82) is 0 Å². The molecule has 43 heavy (non-hydrogen) atoms. The molecule has 220 valence electrons. The fourth-order valence-electron chi connectivity index (χ4n) is 5.10. The Hall–Kier alpha value is -4.75. The Morgan fingerprint density at radius 3 is 2.07 bits per heavy atom. The molecular weight excluding hydrogens is 540 g/mol. The van der Waals surface area contributed by atoms with Crippen LogP contribution in [-0.4, -0.2) is 47.9 Å². The van der Waals surface area contributed by atoms with Crippen LogP contribution in [0, 0.1) is 5.92 Å². The fourth-order valence-corrected chi connectivity index (χ4v) is 5.10. The van der Waals surface area contributed by atoms with Gasteiger partial charge < -0.3 is 20.5 Å². The lowest BCUT2D eigenvalue weighted by atomic mass is 10.00. The molecule has 4 aromatic carbocycles. The number of hydrogen-bond donors (Lipinski definition) is 3. The summed E-state index contributed by atoms with van der Waals surface area (Å²) in [5.74, 6) is 0.0742. The molecule has 0 aliphatic heterocycles. The molecule has 0 radical (unpaired) electrons. The summed E-state index contributed by atoms with van der Waals surface area (Å²) in [4.78, 5) is 38.1. The molecule has 0 bridgehead atoms. The van der Waals surface area contributed by atoms with E-state index >= 15 is 0 Å². The van der Waals surface area contributed by atoms with Gasteiger partial charge in [-0.15, -0.1) is 0 Å². The first-order valence-electron chi connectivity index (χ1n) is 14.7. The van der Waals surface area contributed by atoms with Crippen molar-refractivity contribution < 1.29 is 24.2 Å². The van der Waals surface area contributed by atoms with E-state index in [9.17, 15) is 19.5 Å². The van der Waals surface area contributed by atoms with Gasteiger partial charge in [0.05, 0.1) is 12.6 Å². The summed E-state index contributed by atoms with van der Waals surface area (Å²) in [6, 6.07) is 31.6. The molecule has 0 saturated heterocycles. The number of aliphatic carboxylic acids is 1. The van der Waals surface area contributed by atoms with Gasteiger partial charge in [-0.1, -0.05) is 84.9 Å². The number of carboxylic acids is 1. The third kappa shape index (κ3) is 8.17. The summed E-state index contributed by atoms with van der Waals surface area (Å²) < 4.78 is 5.90. The lowest BCUT2D eigenvalue weighted by Crippen LogP contribution is -2.39. The summed E-state index contributed by atoms with van der Waals surface area (Å²) in [5.41, 5.74) is 3.01. The Balaban J connectivity index is 1.11. The monoisotopic (exact) mass is 576 g/mol. The van der Waals surface area contributed by atoms with Gasteiger partial charge in [-0.25, -0.2) is 4.79 Å². The summed E-state index contributed by atoms with van der Waals surface area (Å²) in [5, 5.41) is 16.4. The van der Waals surface area contributed by atoms with Crippen molar-refractivity contribution in [2.75, 3.05) is 18.5 Å². The van der Waals surface area contributed by atoms with Crippen molar-refractivity contribution in [3.63, 3.8) is 0 Å². The molecule has 7 heteroatoms. The smallest absolute Gasteiger partial charge is 0.326 e. The normalized spacial score (nSPS) is 14.0. The van der Waals surface area contributed by atoms with E-state index in [0.717, 1.165) is 30.4 Å². The molecule has 2 atom stereocenters. The second kappa shape index (κ2) is 14.4. The van der Waals surface area contributed by atoms with Gasteiger partial charge in [0, 0.05) is 28.8 Å². The second-order valence-corrected chi connectivity index (χ2v) is 10.8. The van der Waals surface area contributed by atoms with Gasteiger partial charge in [-0.2, -0.15) is 0 Å². The highest BCUT2D eigenvalue weighted by Gasteiger charge is 2.36. The number of ether oxygens (including phenoxy) is 1. The van der Waals surface area contributed by atoms with Crippen molar-refractivity contribution in [2.24, 2.45) is 5.92 Å². The standard InChI is InChI=1S/C36H36N2O5/c39-34(27-10-3-1-4-11-27)30-14-7-8-15-31(30)38-32(36(41)42)24-25-16-20-29(21-17-25)43-23-9-22-37-33(26-18-19-26)35(40)28-12-5-2-6-13-28/h1-8,10-17,20-21,26,32-33,37-38H,9,18-19,22-24H2,(H,41,42)/t32-,33?/m0/s1. The van der Waals surface area contributed by atoms with Gasteiger partial charge in [0.2, 0.25) is 0 Å². The van der Waals surface area contributed by atoms with E-state index < -0.39 is 12.0 Å². The minimum absolute atomic E-state index is 0.152. The largest absolute Gasteiger partial charge is 0.494 e. The Bertz CT molecular complexity index is 1520. The van der Waals surface area contributed by atoms with E-state index in [1.807, 2.05) is 60.7 Å². The fraction of sp³-hybridized carbons (Fsp3) is 0.250. The molecule has 0 aromatic heterocycles. The number of hydrogen-bond acceptors (Lipinski definition) is 6.